The van der Waals surface area contributed by atoms with E-state index in [0.29, 0.717) is 0 Å². The van der Waals surface area contributed by atoms with Gasteiger partial charge in [0.05, 0.1) is 44.5 Å². The predicted octanol–water partition coefficient (Wildman–Crippen LogP) is -1.30. The summed E-state index contributed by atoms with van der Waals surface area (Å²) in [6, 6.07) is 17.0. The van der Waals surface area contributed by atoms with Crippen LogP contribution in [-0.4, -0.2) is 218 Å². The Morgan fingerprint density at radius 2 is 0.377 bits per heavy atom. The molecule has 12 N–H and O–H groups in total. The molecule has 410 valence electrons. The number of nitrogens with zero attached hydrogens (tertiary/aromatic N) is 4. The number of carbonyl (C=O) groups is 8. The van der Waals surface area contributed by atoms with Crippen LogP contribution in [0.3, 0.4) is 0 Å². The van der Waals surface area contributed by atoms with E-state index in [1.54, 1.807) is 0 Å². The number of nitrogens with one attached hydrogen (secondary N) is 8. The van der Waals surface area contributed by atoms with Crippen LogP contribution in [0.25, 0.3) is 0 Å². The summed E-state index contributed by atoms with van der Waals surface area (Å²) in [5.74, 6) is -7.29. The molecular weight excluding hydrogens is 1140 g/mol. The molecule has 0 atom stereocenters. The number of amides is 8. The van der Waals surface area contributed by atoms with E-state index in [1.807, 2.05) is 19.6 Å². The van der Waals surface area contributed by atoms with Gasteiger partial charge in [0.15, 0.2) is 0 Å². The van der Waals surface area contributed by atoms with E-state index in [4.69, 9.17) is 0 Å². The molecule has 8 rings (SSSR count). The number of fused-ring (bicyclic) bond motifs is 16. The summed E-state index contributed by atoms with van der Waals surface area (Å²) in [5, 5.41) is 67.4. The monoisotopic (exact) mass is 1210 g/mol. The van der Waals surface area contributed by atoms with Crippen LogP contribution in [0.1, 0.15) is 82.9 Å². The Balaban J connectivity index is 0.00000961. The number of phenols is 4. The second-order valence-corrected chi connectivity index (χ2v) is 18.2. The van der Waals surface area contributed by atoms with Gasteiger partial charge in [0, 0.05) is 131 Å². The van der Waals surface area contributed by atoms with Gasteiger partial charge in [-0.2, -0.15) is 0 Å². The summed E-state index contributed by atoms with van der Waals surface area (Å²) in [6.45, 7) is 2.78. The van der Waals surface area contributed by atoms with Crippen LogP contribution in [-0.2, 0) is 0 Å². The molecule has 25 heteroatoms. The zero-order valence-electron chi connectivity index (χ0n) is 42.2. The Labute approximate surface area is 475 Å². The Morgan fingerprint density at radius 3 is 0.506 bits per heavy atom. The number of phenolic OH excluding ortho intramolecular Hbond substituents is 4. The summed E-state index contributed by atoms with van der Waals surface area (Å²) in [6.07, 6.45) is 0. The average molecular weight is 1210 g/mol. The molecular formula is C52H64N12O12Tb+3. The fourth-order valence-corrected chi connectivity index (χ4v) is 8.93. The first-order valence-corrected chi connectivity index (χ1v) is 25.1. The molecule has 0 fully saturated rings. The van der Waals surface area contributed by atoms with Gasteiger partial charge in [0.25, 0.3) is 47.3 Å². The molecule has 0 saturated heterocycles. The van der Waals surface area contributed by atoms with Gasteiger partial charge in [-0.25, -0.2) is 0 Å². The number of para-hydroxylation sites is 4. The fourth-order valence-electron chi connectivity index (χ4n) is 8.93. The summed E-state index contributed by atoms with van der Waals surface area (Å²) in [5.41, 5.74) is -1.09. The maximum Gasteiger partial charge on any atom is 3.00 e. The number of hydrogen-bond acceptors (Lipinski definition) is 16. The van der Waals surface area contributed by atoms with Gasteiger partial charge in [-0.15, -0.1) is 0 Å². The number of aromatic hydroxyl groups is 4. The molecule has 0 aliphatic carbocycles. The van der Waals surface area contributed by atoms with Gasteiger partial charge < -0.3 is 63.0 Å². The van der Waals surface area contributed by atoms with Gasteiger partial charge in [-0.05, 0) is 48.5 Å². The van der Waals surface area contributed by atoms with E-state index in [2.05, 4.69) is 42.5 Å². The van der Waals surface area contributed by atoms with Crippen molar-refractivity contribution in [2.75, 3.05) is 131 Å². The maximum atomic E-state index is 13.6. The minimum absolute atomic E-state index is 0. The molecule has 12 bridgehead atoms. The third-order valence-corrected chi connectivity index (χ3v) is 13.3. The Morgan fingerprint density at radius 1 is 0.247 bits per heavy atom. The number of benzene rings is 4. The normalized spacial score (nSPS) is 21.6. The van der Waals surface area contributed by atoms with Crippen molar-refractivity contribution < 1.29 is 97.4 Å². The van der Waals surface area contributed by atoms with Gasteiger partial charge in [-0.1, -0.05) is 24.3 Å². The standard InChI is InChI=1S/C52H64N12O12.Tb/c65-41-33-5-1-6-34(41)46(70)54-14-22-62-24-16-56-48(72)36-8-2-7-35(42(36)66)47(71)55-15-23-61(21-13-53-45(33)69)29-31-63-25-17-57-49(73)37-9-3-10-38(43(37)67)50(74)58-18-26-64(32-30-62)28-20-60-52(76)40-12-4-11-39(44(40)68)51(75)59-19-27-63;/h1-12,65-68H,13-32H2,(H,53,69)(H,54,70)(H,55,71)(H,56,72)(H,57,73)(H,58,74)(H,59,75)(H,60,76);/q;+3. The zero-order valence-corrected chi connectivity index (χ0v) is 44.4. The van der Waals surface area contributed by atoms with Gasteiger partial charge in [0.2, 0.25) is 0 Å². The van der Waals surface area contributed by atoms with Gasteiger partial charge in [-0.3, -0.25) is 58.0 Å². The van der Waals surface area contributed by atoms with Crippen molar-refractivity contribution in [3.63, 3.8) is 0 Å². The average Bonchev–Trinajstić information content (AvgIpc) is 3.40. The number of rotatable bonds is 0. The summed E-state index contributed by atoms with van der Waals surface area (Å²) < 4.78 is 0. The summed E-state index contributed by atoms with van der Waals surface area (Å²) in [7, 11) is 0. The van der Waals surface area contributed by atoms with Crippen LogP contribution in [0, 0.1) is 38.6 Å². The molecule has 8 amide bonds. The van der Waals surface area contributed by atoms with Gasteiger partial charge in [0.1, 0.15) is 23.0 Å². The van der Waals surface area contributed by atoms with E-state index >= 15 is 0 Å². The van der Waals surface area contributed by atoms with Crippen molar-refractivity contribution >= 4 is 47.3 Å². The first-order chi connectivity index (χ1) is 36.7. The van der Waals surface area contributed by atoms with E-state index in [1.165, 1.54) is 72.8 Å². The first kappa shape index (κ1) is 59.2. The first-order valence-electron chi connectivity index (χ1n) is 25.1. The molecule has 4 aliphatic rings. The minimum atomic E-state index is -0.650. The molecule has 0 saturated carbocycles. The van der Waals surface area contributed by atoms with Crippen LogP contribution < -0.4 is 42.5 Å². The van der Waals surface area contributed by atoms with Crippen molar-refractivity contribution in [3.8, 4) is 23.0 Å². The molecule has 4 aromatic carbocycles. The number of carbonyl (C=O) groups excluding carboxylic acids is 8. The largest absolute Gasteiger partial charge is 3.00 e. The van der Waals surface area contributed by atoms with Crippen molar-refractivity contribution in [1.82, 2.24) is 62.1 Å². The summed E-state index contributed by atoms with van der Waals surface area (Å²) in [4.78, 5) is 116. The van der Waals surface area contributed by atoms with E-state index in [9.17, 15) is 58.8 Å². The third kappa shape index (κ3) is 16.0. The van der Waals surface area contributed by atoms with Crippen molar-refractivity contribution in [2.24, 2.45) is 0 Å². The molecule has 0 spiro atoms. The van der Waals surface area contributed by atoms with Crippen molar-refractivity contribution in [2.45, 2.75) is 0 Å². The van der Waals surface area contributed by atoms with Crippen LogP contribution in [0.15, 0.2) is 72.8 Å². The molecule has 0 radical (unpaired) electrons. The number of hydrogen-bond donors (Lipinski definition) is 12. The van der Waals surface area contributed by atoms with Crippen molar-refractivity contribution in [3.05, 3.63) is 117 Å². The van der Waals surface area contributed by atoms with E-state index in [-0.39, 0.29) is 214 Å². The Kier molecular flexibility index (Phi) is 22.2. The molecule has 0 aromatic heterocycles. The Hall–Kier alpha value is -7.03. The van der Waals surface area contributed by atoms with Crippen LogP contribution in [0.4, 0.5) is 0 Å². The Bertz CT molecular complexity index is 2280. The quantitative estimate of drug-likeness (QED) is 0.0974. The zero-order chi connectivity index (χ0) is 54.1. The van der Waals surface area contributed by atoms with Crippen LogP contribution >= 0.6 is 0 Å². The third-order valence-electron chi connectivity index (χ3n) is 13.3. The predicted molar refractivity (Wildman–Crippen MR) is 277 cm³/mol. The molecule has 0 unspecified atom stereocenters. The second kappa shape index (κ2) is 28.9. The summed E-state index contributed by atoms with van der Waals surface area (Å²) >= 11 is 0. The molecule has 4 aliphatic heterocycles. The molecule has 4 aromatic rings. The molecule has 77 heavy (non-hydrogen) atoms. The topological polar surface area (TPSA) is 327 Å². The molecule has 4 heterocycles. The minimum Gasteiger partial charge on any atom is -0.506 e. The van der Waals surface area contributed by atoms with E-state index < -0.39 is 70.3 Å². The second-order valence-electron chi connectivity index (χ2n) is 18.2. The molecule has 24 nitrogen and oxygen atoms in total. The van der Waals surface area contributed by atoms with Crippen molar-refractivity contribution in [1.29, 1.82) is 0 Å². The van der Waals surface area contributed by atoms with Crippen LogP contribution in [0.5, 0.6) is 23.0 Å². The maximum absolute atomic E-state index is 13.6. The van der Waals surface area contributed by atoms with Crippen LogP contribution in [0.2, 0.25) is 0 Å². The fraction of sp³-hybridized carbons (Fsp3) is 0.385. The van der Waals surface area contributed by atoms with E-state index in [0.717, 1.165) is 0 Å². The SMILES string of the molecule is O=C1NCCN2CCNC(=O)c3cccc(c3O)C(=O)NCCN(CCNC(=O)c3cccc1c3O)CCN1CCNC(=O)c3cccc(c3O)C(=O)NCCN(CCNC(=O)c3cccc(c3O)C(=O)NCC1)CC2.[Tb+3]. The smallest absolute Gasteiger partial charge is 0.506 e. The van der Waals surface area contributed by atoms with Gasteiger partial charge >= 0.3 is 38.6 Å².